The number of ether oxygens (including phenoxy) is 1. The predicted octanol–water partition coefficient (Wildman–Crippen LogP) is 3.14. The van der Waals surface area contributed by atoms with Gasteiger partial charge in [-0.2, -0.15) is 0 Å². The summed E-state index contributed by atoms with van der Waals surface area (Å²) in [6, 6.07) is 8.47. The van der Waals surface area contributed by atoms with E-state index in [1.807, 2.05) is 7.05 Å². The molecule has 3 N–H and O–H groups in total. The van der Waals surface area contributed by atoms with Gasteiger partial charge in [0.2, 0.25) is 0 Å². The van der Waals surface area contributed by atoms with Gasteiger partial charge in [-0.1, -0.05) is 18.2 Å². The van der Waals surface area contributed by atoms with Crippen LogP contribution in [-0.4, -0.2) is 67.8 Å². The molecule has 2 aromatic rings. The van der Waals surface area contributed by atoms with E-state index in [-0.39, 0.29) is 29.5 Å². The Hall–Kier alpha value is -1.32. The van der Waals surface area contributed by atoms with Crippen molar-refractivity contribution in [3.05, 3.63) is 36.0 Å². The first-order chi connectivity index (χ1) is 13.8. The smallest absolute Gasteiger partial charge is 0.191 e. The molecule has 3 heterocycles. The second-order valence-electron chi connectivity index (χ2n) is 7.99. The lowest BCUT2D eigenvalue weighted by atomic mass is 9.88. The third-order valence-electron chi connectivity index (χ3n) is 6.37. The molecule has 0 radical (unpaired) electrons. The van der Waals surface area contributed by atoms with E-state index in [4.69, 9.17) is 4.74 Å². The molecule has 0 saturated carbocycles. The first kappa shape index (κ1) is 22.4. The standard InChI is InChI=1S/C22H33N5O.HI/c1-23-21(24-11-8-18-16-25-20-7-3-2-6-19(18)20)26-17-22(9-14-28-15-10-22)27-12-4-5-13-27;/h2-3,6-7,16,25H,4-5,8-15,17H2,1H3,(H2,23,24,26);1H. The number of hydrogen-bond donors (Lipinski definition) is 3. The van der Waals surface area contributed by atoms with Crippen molar-refractivity contribution in [2.45, 2.75) is 37.6 Å². The summed E-state index contributed by atoms with van der Waals surface area (Å²) in [6.45, 7) is 5.96. The van der Waals surface area contributed by atoms with E-state index in [0.29, 0.717) is 0 Å². The molecule has 160 valence electrons. The zero-order valence-corrected chi connectivity index (χ0v) is 19.7. The minimum absolute atomic E-state index is 0. The van der Waals surface area contributed by atoms with E-state index < -0.39 is 0 Å². The fourth-order valence-electron chi connectivity index (χ4n) is 4.67. The number of H-pyrrole nitrogens is 1. The number of nitrogens with zero attached hydrogens (tertiary/aromatic N) is 2. The van der Waals surface area contributed by atoms with Gasteiger partial charge in [0.25, 0.3) is 0 Å². The Morgan fingerprint density at radius 3 is 2.69 bits per heavy atom. The minimum atomic E-state index is 0. The van der Waals surface area contributed by atoms with Gasteiger partial charge in [0, 0.05) is 56.0 Å². The Balaban J connectivity index is 0.00000240. The third kappa shape index (κ3) is 5.24. The molecule has 0 amide bonds. The van der Waals surface area contributed by atoms with Gasteiger partial charge in [-0.25, -0.2) is 0 Å². The lowest BCUT2D eigenvalue weighted by molar-refractivity contribution is -0.0164. The second kappa shape index (κ2) is 10.6. The van der Waals surface area contributed by atoms with Gasteiger partial charge in [0.05, 0.1) is 0 Å². The largest absolute Gasteiger partial charge is 0.381 e. The number of fused-ring (bicyclic) bond motifs is 1. The molecule has 1 aromatic heterocycles. The molecule has 29 heavy (non-hydrogen) atoms. The number of hydrogen-bond acceptors (Lipinski definition) is 3. The number of likely N-dealkylation sites (tertiary alicyclic amines) is 1. The third-order valence-corrected chi connectivity index (χ3v) is 6.37. The van der Waals surface area contributed by atoms with Crippen molar-refractivity contribution < 1.29 is 4.74 Å². The van der Waals surface area contributed by atoms with Gasteiger partial charge in [-0.15, -0.1) is 24.0 Å². The van der Waals surface area contributed by atoms with E-state index >= 15 is 0 Å². The molecule has 0 aliphatic carbocycles. The van der Waals surface area contributed by atoms with Crippen LogP contribution in [0.1, 0.15) is 31.2 Å². The predicted molar refractivity (Wildman–Crippen MR) is 130 cm³/mol. The summed E-state index contributed by atoms with van der Waals surface area (Å²) >= 11 is 0. The van der Waals surface area contributed by atoms with Crippen LogP contribution in [0.5, 0.6) is 0 Å². The number of nitrogens with one attached hydrogen (secondary N) is 3. The van der Waals surface area contributed by atoms with Crippen LogP contribution in [0.15, 0.2) is 35.5 Å². The molecule has 7 heteroatoms. The molecule has 0 bridgehead atoms. The first-order valence-corrected chi connectivity index (χ1v) is 10.6. The highest BCUT2D eigenvalue weighted by Crippen LogP contribution is 2.30. The van der Waals surface area contributed by atoms with Crippen LogP contribution in [0.3, 0.4) is 0 Å². The van der Waals surface area contributed by atoms with E-state index in [1.165, 1.54) is 42.4 Å². The summed E-state index contributed by atoms with van der Waals surface area (Å²) in [5, 5.41) is 8.41. The molecule has 4 rings (SSSR count). The van der Waals surface area contributed by atoms with Crippen molar-refractivity contribution in [3.8, 4) is 0 Å². The van der Waals surface area contributed by atoms with Gasteiger partial charge < -0.3 is 20.4 Å². The van der Waals surface area contributed by atoms with Crippen molar-refractivity contribution in [1.82, 2.24) is 20.5 Å². The molecule has 2 aliphatic rings. The van der Waals surface area contributed by atoms with Crippen molar-refractivity contribution >= 4 is 40.8 Å². The summed E-state index contributed by atoms with van der Waals surface area (Å²) in [5.41, 5.74) is 2.76. The maximum Gasteiger partial charge on any atom is 0.191 e. The zero-order valence-electron chi connectivity index (χ0n) is 17.4. The Morgan fingerprint density at radius 2 is 1.93 bits per heavy atom. The van der Waals surface area contributed by atoms with Gasteiger partial charge in [0.15, 0.2) is 5.96 Å². The summed E-state index contributed by atoms with van der Waals surface area (Å²) < 4.78 is 5.66. The SMILES string of the molecule is CN=C(NCCc1c[nH]c2ccccc12)NCC1(N2CCCC2)CCOCC1.I. The molecular weight excluding hydrogens is 477 g/mol. The average molecular weight is 511 g/mol. The van der Waals surface area contributed by atoms with E-state index in [0.717, 1.165) is 51.5 Å². The summed E-state index contributed by atoms with van der Waals surface area (Å²) in [7, 11) is 1.85. The second-order valence-corrected chi connectivity index (χ2v) is 7.99. The summed E-state index contributed by atoms with van der Waals surface area (Å²) in [6.07, 6.45) is 7.93. The maximum atomic E-state index is 5.66. The van der Waals surface area contributed by atoms with E-state index in [1.54, 1.807) is 0 Å². The highest BCUT2D eigenvalue weighted by molar-refractivity contribution is 14.0. The topological polar surface area (TPSA) is 64.7 Å². The molecule has 1 aromatic carbocycles. The molecule has 0 unspecified atom stereocenters. The number of benzene rings is 1. The highest BCUT2D eigenvalue weighted by Gasteiger charge is 2.39. The van der Waals surface area contributed by atoms with Crippen molar-refractivity contribution in [2.75, 3.05) is 46.4 Å². The number of aromatic nitrogens is 1. The van der Waals surface area contributed by atoms with Crippen molar-refractivity contribution in [2.24, 2.45) is 4.99 Å². The summed E-state index contributed by atoms with van der Waals surface area (Å²) in [4.78, 5) is 10.5. The van der Waals surface area contributed by atoms with E-state index in [2.05, 4.69) is 56.0 Å². The number of guanidine groups is 1. The first-order valence-electron chi connectivity index (χ1n) is 10.6. The Bertz CT molecular complexity index is 793. The molecule has 2 fully saturated rings. The number of halogens is 1. The fourth-order valence-corrected chi connectivity index (χ4v) is 4.67. The Labute approximate surface area is 190 Å². The van der Waals surface area contributed by atoms with Gasteiger partial charge in [0.1, 0.15) is 0 Å². The average Bonchev–Trinajstić information content (AvgIpc) is 3.42. The van der Waals surface area contributed by atoms with Gasteiger partial charge in [-0.05, 0) is 56.8 Å². The lowest BCUT2D eigenvalue weighted by Gasteiger charge is -2.45. The minimum Gasteiger partial charge on any atom is -0.381 e. The molecule has 2 saturated heterocycles. The Kier molecular flexibility index (Phi) is 8.20. The van der Waals surface area contributed by atoms with Gasteiger partial charge >= 0.3 is 0 Å². The van der Waals surface area contributed by atoms with Crippen LogP contribution in [0.4, 0.5) is 0 Å². The number of rotatable bonds is 6. The van der Waals surface area contributed by atoms with E-state index in [9.17, 15) is 0 Å². The molecule has 0 spiro atoms. The van der Waals surface area contributed by atoms with Crippen LogP contribution in [0.2, 0.25) is 0 Å². The number of aromatic amines is 1. The Morgan fingerprint density at radius 1 is 1.17 bits per heavy atom. The monoisotopic (exact) mass is 511 g/mol. The quantitative estimate of drug-likeness (QED) is 0.317. The maximum absolute atomic E-state index is 5.66. The van der Waals surface area contributed by atoms with Crippen LogP contribution in [0, 0.1) is 0 Å². The van der Waals surface area contributed by atoms with Crippen molar-refractivity contribution in [3.63, 3.8) is 0 Å². The number of aliphatic imine (C=N–C) groups is 1. The van der Waals surface area contributed by atoms with Crippen molar-refractivity contribution in [1.29, 1.82) is 0 Å². The molecule has 6 nitrogen and oxygen atoms in total. The normalized spacial score (nSPS) is 19.8. The lowest BCUT2D eigenvalue weighted by Crippen LogP contribution is -2.58. The van der Waals surface area contributed by atoms with Crippen LogP contribution in [-0.2, 0) is 11.2 Å². The zero-order chi connectivity index (χ0) is 19.2. The van der Waals surface area contributed by atoms with Crippen LogP contribution >= 0.6 is 24.0 Å². The molecule has 0 atom stereocenters. The fraction of sp³-hybridized carbons (Fsp3) is 0.591. The van der Waals surface area contributed by atoms with Gasteiger partial charge in [-0.3, -0.25) is 9.89 Å². The summed E-state index contributed by atoms with van der Waals surface area (Å²) in [5.74, 6) is 0.893. The highest BCUT2D eigenvalue weighted by atomic mass is 127. The molecule has 2 aliphatic heterocycles. The van der Waals surface area contributed by atoms with Crippen LogP contribution in [0.25, 0.3) is 10.9 Å². The van der Waals surface area contributed by atoms with Crippen LogP contribution < -0.4 is 10.6 Å². The molecular formula is C22H34IN5O. The number of para-hydroxylation sites is 1.